The van der Waals surface area contributed by atoms with Gasteiger partial charge in [-0.1, -0.05) is 0 Å². The lowest BCUT2D eigenvalue weighted by atomic mass is 10.2. The van der Waals surface area contributed by atoms with Crippen molar-refractivity contribution in [2.45, 2.75) is 0 Å². The first-order chi connectivity index (χ1) is 7.33. The Kier molecular flexibility index (Phi) is 2.78. The summed E-state index contributed by atoms with van der Waals surface area (Å²) < 4.78 is 9.06. The van der Waals surface area contributed by atoms with Gasteiger partial charge in [-0.2, -0.15) is 4.37 Å². The topological polar surface area (TPSA) is 39.2 Å². The molecule has 4 heteroatoms. The molecule has 0 aliphatic heterocycles. The van der Waals surface area contributed by atoms with Crippen LogP contribution in [0.15, 0.2) is 30.3 Å². The highest BCUT2D eigenvalue weighted by Gasteiger charge is 2.03. The number of aldehydes is 1. The first-order valence-corrected chi connectivity index (χ1v) is 5.17. The summed E-state index contributed by atoms with van der Waals surface area (Å²) in [5, 5.41) is 0. The highest BCUT2D eigenvalue weighted by Crippen LogP contribution is 2.25. The molecule has 1 aromatic carbocycles. The van der Waals surface area contributed by atoms with Crippen LogP contribution in [-0.4, -0.2) is 17.8 Å². The van der Waals surface area contributed by atoms with Gasteiger partial charge in [0.25, 0.3) is 0 Å². The van der Waals surface area contributed by atoms with Crippen LogP contribution >= 0.6 is 11.5 Å². The molecule has 1 aromatic heterocycles. The minimum Gasteiger partial charge on any atom is -0.497 e. The van der Waals surface area contributed by atoms with E-state index in [9.17, 15) is 4.79 Å². The van der Waals surface area contributed by atoms with E-state index >= 15 is 0 Å². The summed E-state index contributed by atoms with van der Waals surface area (Å²) in [7, 11) is 1.63. The van der Waals surface area contributed by atoms with E-state index in [0.29, 0.717) is 5.69 Å². The average Bonchev–Trinajstić information content (AvgIpc) is 2.78. The maximum Gasteiger partial charge on any atom is 0.169 e. The summed E-state index contributed by atoms with van der Waals surface area (Å²) in [5.41, 5.74) is 1.52. The van der Waals surface area contributed by atoms with Crippen LogP contribution in [0.3, 0.4) is 0 Å². The number of rotatable bonds is 3. The fourth-order valence-corrected chi connectivity index (χ4v) is 1.95. The van der Waals surface area contributed by atoms with Crippen LogP contribution in [0.25, 0.3) is 10.4 Å². The Hall–Kier alpha value is -1.68. The van der Waals surface area contributed by atoms with E-state index in [-0.39, 0.29) is 0 Å². The van der Waals surface area contributed by atoms with Crippen molar-refractivity contribution in [1.29, 1.82) is 0 Å². The average molecular weight is 219 g/mol. The summed E-state index contributed by atoms with van der Waals surface area (Å²) in [6.07, 6.45) is 0.753. The van der Waals surface area contributed by atoms with E-state index in [4.69, 9.17) is 4.74 Å². The Balaban J connectivity index is 2.32. The molecule has 0 atom stereocenters. The Labute approximate surface area is 91.5 Å². The molecular formula is C11H9NO2S. The normalized spacial score (nSPS) is 9.93. The minimum atomic E-state index is 0.478. The van der Waals surface area contributed by atoms with Gasteiger partial charge in [0.15, 0.2) is 6.29 Å². The molecule has 0 fully saturated rings. The maximum atomic E-state index is 10.5. The number of carbonyl (C=O) groups excluding carboxylic acids is 1. The summed E-state index contributed by atoms with van der Waals surface area (Å²) >= 11 is 1.32. The van der Waals surface area contributed by atoms with E-state index in [1.165, 1.54) is 11.5 Å². The molecule has 2 rings (SSSR count). The van der Waals surface area contributed by atoms with Crippen molar-refractivity contribution in [3.8, 4) is 16.2 Å². The monoisotopic (exact) mass is 219 g/mol. The molecule has 3 nitrogen and oxygen atoms in total. The highest BCUT2D eigenvalue weighted by molar-refractivity contribution is 7.09. The summed E-state index contributed by atoms with van der Waals surface area (Å²) in [6.45, 7) is 0. The minimum absolute atomic E-state index is 0.478. The molecule has 0 spiro atoms. The van der Waals surface area contributed by atoms with Crippen LogP contribution < -0.4 is 4.74 Å². The number of hydrogen-bond donors (Lipinski definition) is 0. The number of methoxy groups -OCH3 is 1. The number of hydrogen-bond acceptors (Lipinski definition) is 4. The summed E-state index contributed by atoms with van der Waals surface area (Å²) in [6, 6.07) is 9.44. The second kappa shape index (κ2) is 4.23. The van der Waals surface area contributed by atoms with Crippen molar-refractivity contribution in [1.82, 2.24) is 4.37 Å². The number of benzene rings is 1. The number of ether oxygens (including phenoxy) is 1. The Morgan fingerprint density at radius 1 is 1.33 bits per heavy atom. The van der Waals surface area contributed by atoms with Gasteiger partial charge in [0, 0.05) is 0 Å². The van der Waals surface area contributed by atoms with Crippen LogP contribution in [0.5, 0.6) is 5.75 Å². The lowest BCUT2D eigenvalue weighted by Gasteiger charge is -1.99. The van der Waals surface area contributed by atoms with Gasteiger partial charge in [-0.25, -0.2) is 0 Å². The quantitative estimate of drug-likeness (QED) is 0.745. The Bertz CT molecular complexity index is 462. The molecular weight excluding hydrogens is 210 g/mol. The van der Waals surface area contributed by atoms with Crippen LogP contribution in [0.2, 0.25) is 0 Å². The largest absolute Gasteiger partial charge is 0.497 e. The number of carbonyl (C=O) groups is 1. The van der Waals surface area contributed by atoms with Gasteiger partial charge < -0.3 is 4.74 Å². The lowest BCUT2D eigenvalue weighted by Crippen LogP contribution is -1.81. The van der Waals surface area contributed by atoms with Gasteiger partial charge in [0.1, 0.15) is 11.4 Å². The van der Waals surface area contributed by atoms with Gasteiger partial charge in [-0.3, -0.25) is 4.79 Å². The first-order valence-electron chi connectivity index (χ1n) is 4.40. The second-order valence-corrected chi connectivity index (χ2v) is 3.77. The van der Waals surface area contributed by atoms with Crippen molar-refractivity contribution in [2.75, 3.05) is 7.11 Å². The van der Waals surface area contributed by atoms with Crippen LogP contribution in [0.1, 0.15) is 10.5 Å². The molecule has 0 saturated carbocycles. The molecule has 0 aliphatic rings. The lowest BCUT2D eigenvalue weighted by molar-refractivity contribution is 0.112. The van der Waals surface area contributed by atoms with E-state index in [1.54, 1.807) is 13.2 Å². The van der Waals surface area contributed by atoms with Crippen LogP contribution in [-0.2, 0) is 0 Å². The Morgan fingerprint density at radius 3 is 2.60 bits per heavy atom. The van der Waals surface area contributed by atoms with E-state index < -0.39 is 0 Å². The first kappa shape index (κ1) is 9.86. The molecule has 0 bridgehead atoms. The second-order valence-electron chi connectivity index (χ2n) is 2.96. The van der Waals surface area contributed by atoms with Crippen molar-refractivity contribution in [3.63, 3.8) is 0 Å². The molecule has 0 radical (unpaired) electrons. The third-order valence-electron chi connectivity index (χ3n) is 2.02. The molecule has 0 unspecified atom stereocenters. The SMILES string of the molecule is COc1ccc(-c2cc(C=O)ns2)cc1. The molecule has 1 heterocycles. The van der Waals surface area contributed by atoms with E-state index in [1.807, 2.05) is 24.3 Å². The zero-order chi connectivity index (χ0) is 10.7. The van der Waals surface area contributed by atoms with Crippen molar-refractivity contribution in [2.24, 2.45) is 0 Å². The smallest absolute Gasteiger partial charge is 0.169 e. The van der Waals surface area contributed by atoms with Crippen molar-refractivity contribution in [3.05, 3.63) is 36.0 Å². The van der Waals surface area contributed by atoms with Crippen molar-refractivity contribution < 1.29 is 9.53 Å². The van der Waals surface area contributed by atoms with Gasteiger partial charge in [0.2, 0.25) is 0 Å². The summed E-state index contributed by atoms with van der Waals surface area (Å²) in [4.78, 5) is 11.5. The molecule has 0 saturated heterocycles. The molecule has 76 valence electrons. The Morgan fingerprint density at radius 2 is 2.07 bits per heavy atom. The number of nitrogens with zero attached hydrogens (tertiary/aromatic N) is 1. The van der Waals surface area contributed by atoms with E-state index in [2.05, 4.69) is 4.37 Å². The van der Waals surface area contributed by atoms with Crippen molar-refractivity contribution >= 4 is 17.8 Å². The van der Waals surface area contributed by atoms with E-state index in [0.717, 1.165) is 22.5 Å². The molecule has 2 aromatic rings. The fourth-order valence-electron chi connectivity index (χ4n) is 1.24. The fraction of sp³-hybridized carbons (Fsp3) is 0.0909. The zero-order valence-electron chi connectivity index (χ0n) is 8.14. The summed E-state index contributed by atoms with van der Waals surface area (Å²) in [5.74, 6) is 0.818. The number of aromatic nitrogens is 1. The molecule has 15 heavy (non-hydrogen) atoms. The molecule has 0 aliphatic carbocycles. The predicted octanol–water partition coefficient (Wildman–Crippen LogP) is 2.63. The highest BCUT2D eigenvalue weighted by atomic mass is 32.1. The predicted molar refractivity (Wildman–Crippen MR) is 59.5 cm³/mol. The molecule has 0 amide bonds. The van der Waals surface area contributed by atoms with Gasteiger partial charge in [-0.05, 0) is 47.4 Å². The third-order valence-corrected chi connectivity index (χ3v) is 2.88. The van der Waals surface area contributed by atoms with Crippen LogP contribution in [0, 0.1) is 0 Å². The maximum absolute atomic E-state index is 10.5. The zero-order valence-corrected chi connectivity index (χ0v) is 8.95. The van der Waals surface area contributed by atoms with Gasteiger partial charge in [-0.15, -0.1) is 0 Å². The molecule has 0 N–H and O–H groups in total. The van der Waals surface area contributed by atoms with Gasteiger partial charge in [0.05, 0.1) is 12.0 Å². The van der Waals surface area contributed by atoms with Crippen LogP contribution in [0.4, 0.5) is 0 Å². The third kappa shape index (κ3) is 2.05. The standard InChI is InChI=1S/C11H9NO2S/c1-14-10-4-2-8(3-5-10)11-6-9(7-13)12-15-11/h2-7H,1H3. The van der Waals surface area contributed by atoms with Gasteiger partial charge >= 0.3 is 0 Å².